The van der Waals surface area contributed by atoms with E-state index in [4.69, 9.17) is 5.73 Å². The number of nitrogens with two attached hydrogens (primary N) is 1. The second kappa shape index (κ2) is 5.85. The molecule has 0 spiro atoms. The number of hydrogen-bond acceptors (Lipinski definition) is 5. The molecule has 2 N–H and O–H groups in total. The number of amides is 1. The molecule has 1 aliphatic rings. The van der Waals surface area contributed by atoms with Crippen LogP contribution in [0.4, 0.5) is 11.5 Å². The summed E-state index contributed by atoms with van der Waals surface area (Å²) in [6.45, 7) is 2.60. The minimum atomic E-state index is -0.595. The Hall–Kier alpha value is -2.18. The van der Waals surface area contributed by atoms with Crippen LogP contribution in [0.5, 0.6) is 0 Å². The molecule has 1 amide bonds. The summed E-state index contributed by atoms with van der Waals surface area (Å²) in [5.41, 5.74) is 5.29. The molecule has 1 unspecified atom stereocenters. The zero-order valence-electron chi connectivity index (χ0n) is 11.4. The third kappa shape index (κ3) is 2.87. The second-order valence-corrected chi connectivity index (χ2v) is 5.08. The highest BCUT2D eigenvalue weighted by Crippen LogP contribution is 2.24. The van der Waals surface area contributed by atoms with Gasteiger partial charge in [0, 0.05) is 12.6 Å². The maximum atomic E-state index is 12.6. The van der Waals surface area contributed by atoms with E-state index in [-0.39, 0.29) is 29.0 Å². The SMILES string of the molecule is CC1CCCCCN1C(=O)c1cc(N)ncc1[N+](=O)[O-]. The number of nitrogens with zero attached hydrogens (tertiary/aromatic N) is 3. The van der Waals surface area contributed by atoms with Gasteiger partial charge in [0.15, 0.2) is 0 Å². The molecule has 7 nitrogen and oxygen atoms in total. The van der Waals surface area contributed by atoms with Crippen LogP contribution in [-0.2, 0) is 0 Å². The van der Waals surface area contributed by atoms with Crippen molar-refractivity contribution in [1.82, 2.24) is 9.88 Å². The van der Waals surface area contributed by atoms with Crippen LogP contribution in [0.3, 0.4) is 0 Å². The molecule has 0 aliphatic carbocycles. The first-order chi connectivity index (χ1) is 9.50. The van der Waals surface area contributed by atoms with Crippen molar-refractivity contribution in [3.63, 3.8) is 0 Å². The molecule has 20 heavy (non-hydrogen) atoms. The molecule has 0 saturated carbocycles. The van der Waals surface area contributed by atoms with E-state index >= 15 is 0 Å². The predicted octanol–water partition coefficient (Wildman–Crippen LogP) is 1.98. The normalized spacial score (nSPS) is 19.4. The van der Waals surface area contributed by atoms with Gasteiger partial charge in [0.05, 0.1) is 4.92 Å². The van der Waals surface area contributed by atoms with Gasteiger partial charge >= 0.3 is 0 Å². The summed E-state index contributed by atoms with van der Waals surface area (Å²) in [6, 6.07) is 1.37. The average Bonchev–Trinajstić information content (AvgIpc) is 2.62. The van der Waals surface area contributed by atoms with Crippen molar-refractivity contribution in [2.75, 3.05) is 12.3 Å². The molecule has 1 saturated heterocycles. The van der Waals surface area contributed by atoms with E-state index in [1.54, 1.807) is 4.90 Å². The molecule has 1 fully saturated rings. The number of aromatic nitrogens is 1. The lowest BCUT2D eigenvalue weighted by atomic mass is 10.1. The van der Waals surface area contributed by atoms with Crippen molar-refractivity contribution in [3.8, 4) is 0 Å². The Labute approximate surface area is 116 Å². The maximum Gasteiger partial charge on any atom is 0.300 e. The van der Waals surface area contributed by atoms with Gasteiger partial charge < -0.3 is 10.6 Å². The molecule has 1 atom stereocenters. The maximum absolute atomic E-state index is 12.6. The lowest BCUT2D eigenvalue weighted by Crippen LogP contribution is -2.38. The van der Waals surface area contributed by atoms with Crippen LogP contribution in [0, 0.1) is 10.1 Å². The van der Waals surface area contributed by atoms with Gasteiger partial charge in [-0.2, -0.15) is 0 Å². The van der Waals surface area contributed by atoms with Crippen LogP contribution in [0.2, 0.25) is 0 Å². The van der Waals surface area contributed by atoms with Crippen molar-refractivity contribution in [3.05, 3.63) is 27.9 Å². The van der Waals surface area contributed by atoms with Crippen LogP contribution in [0.1, 0.15) is 43.0 Å². The van der Waals surface area contributed by atoms with E-state index < -0.39 is 4.92 Å². The lowest BCUT2D eigenvalue weighted by molar-refractivity contribution is -0.385. The summed E-state index contributed by atoms with van der Waals surface area (Å²) in [6.07, 6.45) is 5.04. The van der Waals surface area contributed by atoms with Gasteiger partial charge in [0.1, 0.15) is 17.6 Å². The van der Waals surface area contributed by atoms with Gasteiger partial charge in [0.25, 0.3) is 11.6 Å². The summed E-state index contributed by atoms with van der Waals surface area (Å²) >= 11 is 0. The zero-order chi connectivity index (χ0) is 14.7. The van der Waals surface area contributed by atoms with Crippen molar-refractivity contribution >= 4 is 17.4 Å². The van der Waals surface area contributed by atoms with Gasteiger partial charge in [-0.15, -0.1) is 0 Å². The smallest absolute Gasteiger partial charge is 0.300 e. The van der Waals surface area contributed by atoms with Crippen LogP contribution < -0.4 is 5.73 Å². The number of nitro groups is 1. The van der Waals surface area contributed by atoms with Crippen molar-refractivity contribution in [1.29, 1.82) is 0 Å². The Kier molecular flexibility index (Phi) is 4.16. The predicted molar refractivity (Wildman–Crippen MR) is 74.3 cm³/mol. The lowest BCUT2D eigenvalue weighted by Gasteiger charge is -2.27. The number of carbonyl (C=O) groups excluding carboxylic acids is 1. The van der Waals surface area contributed by atoms with Crippen LogP contribution in [0.15, 0.2) is 12.3 Å². The molecule has 1 aromatic heterocycles. The Balaban J connectivity index is 2.36. The van der Waals surface area contributed by atoms with Gasteiger partial charge in [-0.1, -0.05) is 12.8 Å². The topological polar surface area (TPSA) is 102 Å². The molecule has 108 valence electrons. The Morgan fingerprint density at radius 2 is 2.25 bits per heavy atom. The summed E-state index contributed by atoms with van der Waals surface area (Å²) in [7, 11) is 0. The second-order valence-electron chi connectivity index (χ2n) is 5.08. The fourth-order valence-electron chi connectivity index (χ4n) is 2.51. The van der Waals surface area contributed by atoms with E-state index in [1.165, 1.54) is 6.07 Å². The quantitative estimate of drug-likeness (QED) is 0.658. The van der Waals surface area contributed by atoms with Crippen LogP contribution in [0.25, 0.3) is 0 Å². The number of hydrogen-bond donors (Lipinski definition) is 1. The summed E-state index contributed by atoms with van der Waals surface area (Å²) in [5.74, 6) is -0.221. The highest BCUT2D eigenvalue weighted by atomic mass is 16.6. The first kappa shape index (κ1) is 14.2. The Bertz CT molecular complexity index is 532. The summed E-state index contributed by atoms with van der Waals surface area (Å²) in [4.78, 5) is 28.4. The molecule has 1 aromatic rings. The molecular weight excluding hydrogens is 260 g/mol. The van der Waals surface area contributed by atoms with Crippen LogP contribution in [-0.4, -0.2) is 33.3 Å². The van der Waals surface area contributed by atoms with E-state index in [0.29, 0.717) is 6.54 Å². The number of rotatable bonds is 2. The molecule has 7 heteroatoms. The monoisotopic (exact) mass is 278 g/mol. The van der Waals surface area contributed by atoms with Crippen molar-refractivity contribution in [2.45, 2.75) is 38.6 Å². The van der Waals surface area contributed by atoms with E-state index in [2.05, 4.69) is 4.98 Å². The molecule has 1 aliphatic heterocycles. The van der Waals surface area contributed by atoms with Gasteiger partial charge in [-0.25, -0.2) is 4.98 Å². The number of likely N-dealkylation sites (tertiary alicyclic amines) is 1. The number of nitrogen functional groups attached to an aromatic ring is 1. The number of pyridine rings is 1. The highest BCUT2D eigenvalue weighted by molar-refractivity contribution is 5.98. The molecule has 0 aromatic carbocycles. The summed E-state index contributed by atoms with van der Waals surface area (Å²) < 4.78 is 0. The molecule has 0 radical (unpaired) electrons. The largest absolute Gasteiger partial charge is 0.384 e. The Morgan fingerprint density at radius 1 is 1.50 bits per heavy atom. The minimum Gasteiger partial charge on any atom is -0.384 e. The van der Waals surface area contributed by atoms with Crippen molar-refractivity contribution in [2.24, 2.45) is 0 Å². The van der Waals surface area contributed by atoms with Gasteiger partial charge in [-0.3, -0.25) is 14.9 Å². The van der Waals surface area contributed by atoms with Crippen LogP contribution >= 0.6 is 0 Å². The number of carbonyl (C=O) groups is 1. The highest BCUT2D eigenvalue weighted by Gasteiger charge is 2.29. The Morgan fingerprint density at radius 3 is 2.95 bits per heavy atom. The average molecular weight is 278 g/mol. The fourth-order valence-corrected chi connectivity index (χ4v) is 2.51. The van der Waals surface area contributed by atoms with E-state index in [0.717, 1.165) is 31.9 Å². The standard InChI is InChI=1S/C13H18N4O3/c1-9-5-3-2-4-6-16(9)13(18)10-7-12(14)15-8-11(10)17(19)20/h7-9H,2-6H2,1H3,(H2,14,15). The minimum absolute atomic E-state index is 0.0243. The first-order valence-electron chi connectivity index (χ1n) is 6.71. The summed E-state index contributed by atoms with van der Waals surface area (Å²) in [5, 5.41) is 11.0. The van der Waals surface area contributed by atoms with E-state index in [9.17, 15) is 14.9 Å². The molecule has 0 bridgehead atoms. The third-order valence-corrected chi connectivity index (χ3v) is 3.65. The van der Waals surface area contributed by atoms with Gasteiger partial charge in [0.2, 0.25) is 0 Å². The van der Waals surface area contributed by atoms with Crippen molar-refractivity contribution < 1.29 is 9.72 Å². The molecule has 2 heterocycles. The molecule has 2 rings (SSSR count). The van der Waals surface area contributed by atoms with E-state index in [1.807, 2.05) is 6.92 Å². The third-order valence-electron chi connectivity index (χ3n) is 3.65. The first-order valence-corrected chi connectivity index (χ1v) is 6.71. The fraction of sp³-hybridized carbons (Fsp3) is 0.538. The number of anilines is 1. The zero-order valence-corrected chi connectivity index (χ0v) is 11.4. The van der Waals surface area contributed by atoms with Gasteiger partial charge in [-0.05, 0) is 25.8 Å². The molecular formula is C13H18N4O3.